The van der Waals surface area contributed by atoms with E-state index in [2.05, 4.69) is 20.9 Å². The second-order valence-corrected chi connectivity index (χ2v) is 9.83. The summed E-state index contributed by atoms with van der Waals surface area (Å²) in [5, 5.41) is 9.93. The van der Waals surface area contributed by atoms with Gasteiger partial charge in [0, 0.05) is 33.6 Å². The van der Waals surface area contributed by atoms with Gasteiger partial charge in [-0.05, 0) is 46.3 Å². The van der Waals surface area contributed by atoms with Gasteiger partial charge in [0.1, 0.15) is 28.9 Å². The fraction of sp³-hybridized carbons (Fsp3) is 0.0417. The van der Waals surface area contributed by atoms with Crippen LogP contribution in [0.2, 0.25) is 0 Å². The number of aromatic nitrogens is 2. The Labute approximate surface area is 204 Å². The van der Waals surface area contributed by atoms with Crippen LogP contribution in [-0.2, 0) is 10.0 Å². The predicted molar refractivity (Wildman–Crippen MR) is 130 cm³/mol. The number of hydrogen-bond donors (Lipinski definition) is 1. The summed E-state index contributed by atoms with van der Waals surface area (Å²) in [6.45, 7) is 0. The van der Waals surface area contributed by atoms with Gasteiger partial charge in [0.15, 0.2) is 0 Å². The maximum Gasteiger partial charge on any atom is 0.270 e. The number of ether oxygens (including phenoxy) is 1. The summed E-state index contributed by atoms with van der Waals surface area (Å²) in [5.74, 6) is -0.521. The number of nitrogens with two attached hydrogens (primary N) is 1. The molecule has 0 saturated heterocycles. The molecule has 2 aromatic heterocycles. The smallest absolute Gasteiger partial charge is 0.270 e. The number of rotatable bonds is 6. The van der Waals surface area contributed by atoms with Gasteiger partial charge in [-0.3, -0.25) is 9.78 Å². The maximum atomic E-state index is 13.7. The minimum atomic E-state index is -4.38. The van der Waals surface area contributed by atoms with E-state index in [-0.39, 0.29) is 33.1 Å². The van der Waals surface area contributed by atoms with Gasteiger partial charge in [0.05, 0.1) is 12.0 Å². The monoisotopic (exact) mass is 536 g/mol. The normalized spacial score (nSPS) is 11.1. The van der Waals surface area contributed by atoms with Crippen LogP contribution in [-0.4, -0.2) is 30.3 Å². The van der Waals surface area contributed by atoms with Crippen LogP contribution in [0.25, 0.3) is 11.1 Å². The van der Waals surface area contributed by atoms with Gasteiger partial charge in [-0.1, -0.05) is 30.3 Å². The highest BCUT2D eigenvalue weighted by Gasteiger charge is 2.34. The Bertz CT molecular complexity index is 1540. The lowest BCUT2D eigenvalue weighted by Crippen LogP contribution is -2.21. The van der Waals surface area contributed by atoms with Crippen molar-refractivity contribution in [2.24, 2.45) is 0 Å². The molecule has 0 aliphatic heterocycles. The standard InChI is InChI=1S/C24H17BrN4O4S/c1-33-18-7-9-19(10-8-18)34(31,32)29-22(23(30)15-5-3-2-4-6-15)21(20(12-26)24(29)27)16-11-17(25)14-28-13-16/h2-11,13-14H,27H2,1H3. The van der Waals surface area contributed by atoms with E-state index >= 15 is 0 Å². The lowest BCUT2D eigenvalue weighted by atomic mass is 9.98. The van der Waals surface area contributed by atoms with Gasteiger partial charge in [0.2, 0.25) is 5.78 Å². The first-order chi connectivity index (χ1) is 16.3. The quantitative estimate of drug-likeness (QED) is 0.365. The zero-order valence-electron chi connectivity index (χ0n) is 17.8. The van der Waals surface area contributed by atoms with Crippen molar-refractivity contribution in [3.63, 3.8) is 0 Å². The van der Waals surface area contributed by atoms with Gasteiger partial charge in [-0.25, -0.2) is 12.4 Å². The molecule has 0 amide bonds. The Morgan fingerprint density at radius 3 is 2.38 bits per heavy atom. The molecular formula is C24H17BrN4O4S. The van der Waals surface area contributed by atoms with Crippen molar-refractivity contribution in [3.05, 3.63) is 94.4 Å². The van der Waals surface area contributed by atoms with Crippen molar-refractivity contribution in [1.29, 1.82) is 5.26 Å². The zero-order chi connectivity index (χ0) is 24.5. The molecule has 0 bridgehead atoms. The SMILES string of the molecule is COc1ccc(S(=O)(=O)n2c(N)c(C#N)c(-c3cncc(Br)c3)c2C(=O)c2ccccc2)cc1. The number of ketones is 1. The molecule has 2 N–H and O–H groups in total. The molecule has 0 unspecified atom stereocenters. The van der Waals surface area contributed by atoms with Crippen molar-refractivity contribution < 1.29 is 17.9 Å². The van der Waals surface area contributed by atoms with Gasteiger partial charge in [0.25, 0.3) is 10.0 Å². The minimum absolute atomic E-state index is 0.0831. The highest BCUT2D eigenvalue weighted by molar-refractivity contribution is 9.10. The fourth-order valence-electron chi connectivity index (χ4n) is 3.55. The molecule has 8 nitrogen and oxygen atoms in total. The highest BCUT2D eigenvalue weighted by Crippen LogP contribution is 2.38. The summed E-state index contributed by atoms with van der Waals surface area (Å²) < 4.78 is 33.9. The van der Waals surface area contributed by atoms with Crippen molar-refractivity contribution in [3.8, 4) is 22.9 Å². The molecule has 2 aromatic carbocycles. The average Bonchev–Trinajstić information content (AvgIpc) is 3.16. The lowest BCUT2D eigenvalue weighted by Gasteiger charge is -2.13. The molecule has 34 heavy (non-hydrogen) atoms. The van der Waals surface area contributed by atoms with Crippen molar-refractivity contribution in [2.75, 3.05) is 12.8 Å². The molecular weight excluding hydrogens is 520 g/mol. The Kier molecular flexibility index (Phi) is 6.24. The fourth-order valence-corrected chi connectivity index (χ4v) is 5.37. The topological polar surface area (TPSA) is 128 Å². The van der Waals surface area contributed by atoms with Gasteiger partial charge >= 0.3 is 0 Å². The van der Waals surface area contributed by atoms with Crippen LogP contribution in [0, 0.1) is 11.3 Å². The van der Waals surface area contributed by atoms with Gasteiger partial charge in [-0.2, -0.15) is 5.26 Å². The molecule has 2 heterocycles. The number of nitriles is 1. The molecule has 0 fully saturated rings. The number of benzene rings is 2. The molecule has 0 spiro atoms. The molecule has 0 aliphatic carbocycles. The third-order valence-electron chi connectivity index (χ3n) is 5.12. The van der Waals surface area contributed by atoms with Crippen LogP contribution in [0.4, 0.5) is 5.82 Å². The van der Waals surface area contributed by atoms with Crippen molar-refractivity contribution >= 4 is 37.6 Å². The molecule has 10 heteroatoms. The van der Waals surface area contributed by atoms with E-state index < -0.39 is 15.8 Å². The number of pyridine rings is 1. The average molecular weight is 537 g/mol. The molecule has 0 saturated carbocycles. The van der Waals surface area contributed by atoms with E-state index in [0.29, 0.717) is 15.8 Å². The number of anilines is 1. The Morgan fingerprint density at radius 1 is 1.12 bits per heavy atom. The van der Waals surface area contributed by atoms with Crippen LogP contribution in [0.15, 0.2) is 82.4 Å². The van der Waals surface area contributed by atoms with E-state index in [0.717, 1.165) is 3.97 Å². The van der Waals surface area contributed by atoms with Crippen LogP contribution in [0.3, 0.4) is 0 Å². The molecule has 0 radical (unpaired) electrons. The summed E-state index contributed by atoms with van der Waals surface area (Å²) >= 11 is 3.33. The van der Waals surface area contributed by atoms with Crippen LogP contribution >= 0.6 is 15.9 Å². The van der Waals surface area contributed by atoms with Gasteiger partial charge < -0.3 is 10.5 Å². The summed E-state index contributed by atoms with van der Waals surface area (Å²) in [5.41, 5.74) is 6.52. The maximum absolute atomic E-state index is 13.7. The predicted octanol–water partition coefficient (Wildman–Crippen LogP) is 4.24. The molecule has 0 aliphatic rings. The van der Waals surface area contributed by atoms with E-state index in [4.69, 9.17) is 10.5 Å². The second-order valence-electron chi connectivity index (χ2n) is 7.13. The number of carbonyl (C=O) groups excluding carboxylic acids is 1. The van der Waals surface area contributed by atoms with E-state index in [1.807, 2.05) is 6.07 Å². The first-order valence-corrected chi connectivity index (χ1v) is 12.1. The Hall–Kier alpha value is -3.94. The molecule has 0 atom stereocenters. The minimum Gasteiger partial charge on any atom is -0.497 e. The van der Waals surface area contributed by atoms with Crippen LogP contribution in [0.5, 0.6) is 5.75 Å². The third kappa shape index (κ3) is 3.96. The molecule has 4 rings (SSSR count). The number of hydrogen-bond acceptors (Lipinski definition) is 7. The Balaban J connectivity index is 2.09. The number of nitrogen functional groups attached to an aromatic ring is 1. The number of nitrogens with zero attached hydrogens (tertiary/aromatic N) is 3. The second kappa shape index (κ2) is 9.13. The molecule has 170 valence electrons. The van der Waals surface area contributed by atoms with Crippen LogP contribution < -0.4 is 10.5 Å². The largest absolute Gasteiger partial charge is 0.497 e. The van der Waals surface area contributed by atoms with Crippen molar-refractivity contribution in [2.45, 2.75) is 4.90 Å². The number of carbonyl (C=O) groups is 1. The van der Waals surface area contributed by atoms with E-state index in [1.54, 1.807) is 36.4 Å². The van der Waals surface area contributed by atoms with E-state index in [9.17, 15) is 18.5 Å². The van der Waals surface area contributed by atoms with Crippen molar-refractivity contribution in [1.82, 2.24) is 8.96 Å². The number of halogens is 1. The number of methoxy groups -OCH3 is 1. The van der Waals surface area contributed by atoms with Crippen LogP contribution in [0.1, 0.15) is 21.6 Å². The van der Waals surface area contributed by atoms with E-state index in [1.165, 1.54) is 43.8 Å². The lowest BCUT2D eigenvalue weighted by molar-refractivity contribution is 0.103. The highest BCUT2D eigenvalue weighted by atomic mass is 79.9. The third-order valence-corrected chi connectivity index (χ3v) is 7.28. The first-order valence-electron chi connectivity index (χ1n) is 9.84. The summed E-state index contributed by atoms with van der Waals surface area (Å²) in [7, 11) is -2.92. The Morgan fingerprint density at radius 2 is 1.79 bits per heavy atom. The summed E-state index contributed by atoms with van der Waals surface area (Å²) in [6, 6.07) is 17.4. The summed E-state index contributed by atoms with van der Waals surface area (Å²) in [6.07, 6.45) is 2.97. The zero-order valence-corrected chi connectivity index (χ0v) is 20.2. The molecule has 4 aromatic rings. The summed E-state index contributed by atoms with van der Waals surface area (Å²) in [4.78, 5) is 17.7. The first kappa shape index (κ1) is 23.2. The van der Waals surface area contributed by atoms with Gasteiger partial charge in [-0.15, -0.1) is 0 Å².